The van der Waals surface area contributed by atoms with Crippen molar-refractivity contribution in [2.45, 2.75) is 32.9 Å². The molecule has 6 nitrogen and oxygen atoms in total. The van der Waals surface area contributed by atoms with Gasteiger partial charge >= 0.3 is 6.03 Å². The number of fused-ring (bicyclic) bond motifs is 1. The average molecular weight is 521 g/mol. The van der Waals surface area contributed by atoms with Crippen LogP contribution < -0.4 is 5.32 Å². The second-order valence-corrected chi connectivity index (χ2v) is 9.65. The third-order valence-corrected chi connectivity index (χ3v) is 6.50. The van der Waals surface area contributed by atoms with Crippen LogP contribution in [-0.4, -0.2) is 45.9 Å². The summed E-state index contributed by atoms with van der Waals surface area (Å²) in [4.78, 5) is 33.1. The summed E-state index contributed by atoms with van der Waals surface area (Å²) in [6.45, 7) is 4.40. The van der Waals surface area contributed by atoms with E-state index in [4.69, 9.17) is 11.6 Å². The van der Waals surface area contributed by atoms with Crippen molar-refractivity contribution in [1.29, 1.82) is 0 Å². The number of hydrogen-bond acceptors (Lipinski definition) is 2. The number of para-hydroxylation sites is 1. The Bertz CT molecular complexity index is 1350. The summed E-state index contributed by atoms with van der Waals surface area (Å²) in [5.74, 6) is -0.519. The van der Waals surface area contributed by atoms with Crippen LogP contribution in [0.3, 0.4) is 0 Å². The molecule has 1 aromatic heterocycles. The maximum absolute atomic E-state index is 13.6. The fourth-order valence-electron chi connectivity index (χ4n) is 4.16. The van der Waals surface area contributed by atoms with Crippen molar-refractivity contribution >= 4 is 40.1 Å². The largest absolute Gasteiger partial charge is 0.361 e. The van der Waals surface area contributed by atoms with Crippen molar-refractivity contribution in [3.63, 3.8) is 0 Å². The SMILES string of the molecule is CC(C)N(CC(=O)N(CCc1c[nH]c2ccccc12)Cc1ccc(F)cc1)C(=O)Nc1ccc(Cl)cc1. The zero-order valence-corrected chi connectivity index (χ0v) is 21.6. The number of H-pyrrole nitrogens is 1. The predicted octanol–water partition coefficient (Wildman–Crippen LogP) is 6.47. The van der Waals surface area contributed by atoms with Crippen LogP contribution in [0.5, 0.6) is 0 Å². The molecule has 0 fully saturated rings. The number of carbonyl (C=O) groups excluding carboxylic acids is 2. The summed E-state index contributed by atoms with van der Waals surface area (Å²) in [6.07, 6.45) is 2.60. The number of carbonyl (C=O) groups is 2. The lowest BCUT2D eigenvalue weighted by Crippen LogP contribution is -2.47. The van der Waals surface area contributed by atoms with E-state index in [0.717, 1.165) is 22.0 Å². The highest BCUT2D eigenvalue weighted by Gasteiger charge is 2.24. The molecule has 8 heteroatoms. The van der Waals surface area contributed by atoms with Gasteiger partial charge in [-0.3, -0.25) is 4.79 Å². The fourth-order valence-corrected chi connectivity index (χ4v) is 4.29. The standard InChI is InChI=1S/C29H30ClFN4O2/c1-20(2)35(29(37)33-25-13-9-23(30)10-14-25)19-28(36)34(18-21-7-11-24(31)12-8-21)16-15-22-17-32-27-6-4-3-5-26(22)27/h3-14,17,20,32H,15-16,18-19H2,1-2H3,(H,33,37). The van der Waals surface area contributed by atoms with Gasteiger partial charge in [-0.2, -0.15) is 0 Å². The molecule has 3 aromatic carbocycles. The molecular formula is C29H30ClFN4O2. The van der Waals surface area contributed by atoms with E-state index in [2.05, 4.69) is 16.4 Å². The molecule has 192 valence electrons. The molecule has 37 heavy (non-hydrogen) atoms. The first-order valence-corrected chi connectivity index (χ1v) is 12.6. The third kappa shape index (κ3) is 6.89. The van der Waals surface area contributed by atoms with Gasteiger partial charge in [-0.1, -0.05) is 41.9 Å². The Hall–Kier alpha value is -3.84. The van der Waals surface area contributed by atoms with E-state index in [9.17, 15) is 14.0 Å². The van der Waals surface area contributed by atoms with Gasteiger partial charge in [-0.05, 0) is 73.9 Å². The van der Waals surface area contributed by atoms with Crippen LogP contribution in [0.2, 0.25) is 5.02 Å². The molecule has 2 N–H and O–H groups in total. The van der Waals surface area contributed by atoms with E-state index >= 15 is 0 Å². The van der Waals surface area contributed by atoms with Crippen molar-refractivity contribution in [1.82, 2.24) is 14.8 Å². The summed E-state index contributed by atoms with van der Waals surface area (Å²) in [6, 6.07) is 20.4. The fraction of sp³-hybridized carbons (Fsp3) is 0.241. The van der Waals surface area contributed by atoms with Crippen LogP contribution in [0.15, 0.2) is 79.0 Å². The Morgan fingerprint density at radius 3 is 2.41 bits per heavy atom. The van der Waals surface area contributed by atoms with E-state index in [1.807, 2.05) is 38.2 Å². The number of rotatable bonds is 9. The zero-order valence-electron chi connectivity index (χ0n) is 20.9. The molecule has 1 heterocycles. The topological polar surface area (TPSA) is 68.4 Å². The summed E-state index contributed by atoms with van der Waals surface area (Å²) < 4.78 is 13.5. The smallest absolute Gasteiger partial charge is 0.322 e. The third-order valence-electron chi connectivity index (χ3n) is 6.25. The summed E-state index contributed by atoms with van der Waals surface area (Å²) in [7, 11) is 0. The number of benzene rings is 3. The summed E-state index contributed by atoms with van der Waals surface area (Å²) in [5, 5.41) is 4.52. The molecule has 0 aliphatic heterocycles. The molecule has 0 unspecified atom stereocenters. The molecule has 4 rings (SSSR count). The molecule has 0 saturated carbocycles. The molecule has 0 aliphatic rings. The molecule has 0 aliphatic carbocycles. The number of nitrogens with one attached hydrogen (secondary N) is 2. The number of amides is 3. The lowest BCUT2D eigenvalue weighted by atomic mass is 10.1. The normalized spacial score (nSPS) is 11.1. The van der Waals surface area contributed by atoms with Gasteiger partial charge in [0.1, 0.15) is 12.4 Å². The van der Waals surface area contributed by atoms with Crippen molar-refractivity contribution < 1.29 is 14.0 Å². The summed E-state index contributed by atoms with van der Waals surface area (Å²) in [5.41, 5.74) is 3.55. The Labute approximate surface area is 221 Å². The Morgan fingerprint density at radius 2 is 1.70 bits per heavy atom. The first-order valence-electron chi connectivity index (χ1n) is 12.2. The second kappa shape index (κ2) is 11.9. The Balaban J connectivity index is 1.50. The van der Waals surface area contributed by atoms with Crippen molar-refractivity contribution in [2.24, 2.45) is 0 Å². The van der Waals surface area contributed by atoms with Crippen LogP contribution in [0.25, 0.3) is 10.9 Å². The van der Waals surface area contributed by atoms with Crippen LogP contribution in [0.4, 0.5) is 14.9 Å². The van der Waals surface area contributed by atoms with E-state index in [0.29, 0.717) is 30.2 Å². The molecule has 4 aromatic rings. The zero-order chi connectivity index (χ0) is 26.4. The summed E-state index contributed by atoms with van der Waals surface area (Å²) >= 11 is 5.94. The number of aromatic nitrogens is 1. The molecule has 0 bridgehead atoms. The van der Waals surface area contributed by atoms with Crippen LogP contribution in [0, 0.1) is 5.82 Å². The predicted molar refractivity (Wildman–Crippen MR) is 146 cm³/mol. The van der Waals surface area contributed by atoms with Gasteiger partial charge in [0.05, 0.1) is 0 Å². The van der Waals surface area contributed by atoms with E-state index in [-0.39, 0.29) is 30.3 Å². The van der Waals surface area contributed by atoms with Crippen LogP contribution in [-0.2, 0) is 17.8 Å². The van der Waals surface area contributed by atoms with Gasteiger partial charge in [0.15, 0.2) is 0 Å². The minimum atomic E-state index is -0.371. The quantitative estimate of drug-likeness (QED) is 0.265. The van der Waals surface area contributed by atoms with Crippen molar-refractivity contribution in [2.75, 3.05) is 18.4 Å². The molecule has 3 amide bonds. The number of anilines is 1. The van der Waals surface area contributed by atoms with E-state index in [1.54, 1.807) is 41.3 Å². The highest BCUT2D eigenvalue weighted by Crippen LogP contribution is 2.19. The van der Waals surface area contributed by atoms with Gasteiger partial charge in [0.2, 0.25) is 5.91 Å². The van der Waals surface area contributed by atoms with Crippen LogP contribution in [0.1, 0.15) is 25.0 Å². The van der Waals surface area contributed by atoms with E-state index < -0.39 is 0 Å². The van der Waals surface area contributed by atoms with E-state index in [1.165, 1.54) is 17.0 Å². The molecule has 0 saturated heterocycles. The number of urea groups is 1. The van der Waals surface area contributed by atoms with Gasteiger partial charge in [0.25, 0.3) is 0 Å². The van der Waals surface area contributed by atoms with Crippen molar-refractivity contribution in [3.05, 3.63) is 101 Å². The number of nitrogens with zero attached hydrogens (tertiary/aromatic N) is 2. The first-order chi connectivity index (χ1) is 17.8. The lowest BCUT2D eigenvalue weighted by molar-refractivity contribution is -0.132. The molecule has 0 atom stereocenters. The maximum Gasteiger partial charge on any atom is 0.322 e. The highest BCUT2D eigenvalue weighted by atomic mass is 35.5. The second-order valence-electron chi connectivity index (χ2n) is 9.21. The molecule has 0 spiro atoms. The monoisotopic (exact) mass is 520 g/mol. The van der Waals surface area contributed by atoms with Crippen molar-refractivity contribution in [3.8, 4) is 0 Å². The van der Waals surface area contributed by atoms with Gasteiger partial charge in [0, 0.05) is 46.9 Å². The first kappa shape index (κ1) is 26.2. The minimum Gasteiger partial charge on any atom is -0.361 e. The van der Waals surface area contributed by atoms with Gasteiger partial charge < -0.3 is 20.1 Å². The van der Waals surface area contributed by atoms with Crippen LogP contribution >= 0.6 is 11.6 Å². The maximum atomic E-state index is 13.6. The average Bonchev–Trinajstić information content (AvgIpc) is 3.30. The Morgan fingerprint density at radius 1 is 1.00 bits per heavy atom. The van der Waals surface area contributed by atoms with Gasteiger partial charge in [-0.15, -0.1) is 0 Å². The number of aromatic amines is 1. The minimum absolute atomic E-state index is 0.0911. The number of halogens is 2. The molecule has 0 radical (unpaired) electrons. The van der Waals surface area contributed by atoms with Gasteiger partial charge in [-0.25, -0.2) is 9.18 Å². The lowest BCUT2D eigenvalue weighted by Gasteiger charge is -2.30. The molecular weight excluding hydrogens is 491 g/mol. The highest BCUT2D eigenvalue weighted by molar-refractivity contribution is 6.30. The number of hydrogen-bond donors (Lipinski definition) is 2. The Kier molecular flexibility index (Phi) is 8.46.